The van der Waals surface area contributed by atoms with Crippen molar-refractivity contribution >= 4 is 33.2 Å². The number of nitrogens with zero attached hydrogens (tertiary/aromatic N) is 2. The van der Waals surface area contributed by atoms with Crippen LogP contribution in [0.3, 0.4) is 0 Å². The molecule has 1 heterocycles. The number of hydrogen-bond donors (Lipinski definition) is 0. The van der Waals surface area contributed by atoms with Crippen LogP contribution >= 0.6 is 15.9 Å². The predicted octanol–water partition coefficient (Wildman–Crippen LogP) is 4.66. The molecular formula is C19H19BrN2O. The van der Waals surface area contributed by atoms with Crippen LogP contribution in [0.1, 0.15) is 38.4 Å². The summed E-state index contributed by atoms with van der Waals surface area (Å²) in [6, 6.07) is 8.08. The molecule has 3 rings (SSSR count). The van der Waals surface area contributed by atoms with Crippen LogP contribution in [0.5, 0.6) is 0 Å². The van der Waals surface area contributed by atoms with Gasteiger partial charge in [0.15, 0.2) is 0 Å². The number of aryl methyl sites for hydroxylation is 3. The van der Waals surface area contributed by atoms with Gasteiger partial charge in [0.25, 0.3) is 0 Å². The van der Waals surface area contributed by atoms with E-state index >= 15 is 0 Å². The first-order valence-corrected chi connectivity index (χ1v) is 8.37. The van der Waals surface area contributed by atoms with E-state index in [0.29, 0.717) is 0 Å². The molecule has 0 amide bonds. The minimum atomic E-state index is 0.724. The van der Waals surface area contributed by atoms with Gasteiger partial charge in [0.2, 0.25) is 0 Å². The Morgan fingerprint density at radius 3 is 2.61 bits per heavy atom. The van der Waals surface area contributed by atoms with E-state index in [-0.39, 0.29) is 0 Å². The van der Waals surface area contributed by atoms with Crippen molar-refractivity contribution in [1.29, 1.82) is 0 Å². The van der Waals surface area contributed by atoms with E-state index in [0.717, 1.165) is 50.7 Å². The van der Waals surface area contributed by atoms with Gasteiger partial charge in [-0.15, -0.1) is 0 Å². The number of rotatable bonds is 3. The van der Waals surface area contributed by atoms with Gasteiger partial charge in [0.05, 0.1) is 11.0 Å². The lowest BCUT2D eigenvalue weighted by molar-refractivity contribution is 0.112. The SMILES string of the molecule is Cc1ccc(C=O)c(C)c1Cc1nc2c(C)cc(Br)cc2n1C. The molecule has 0 saturated heterocycles. The molecule has 2 aromatic carbocycles. The highest BCUT2D eigenvalue weighted by molar-refractivity contribution is 9.10. The van der Waals surface area contributed by atoms with Gasteiger partial charge in [-0.1, -0.05) is 28.1 Å². The van der Waals surface area contributed by atoms with Crippen LogP contribution in [0.15, 0.2) is 28.7 Å². The zero-order chi connectivity index (χ0) is 16.7. The first kappa shape index (κ1) is 15.9. The molecule has 0 unspecified atom stereocenters. The summed E-state index contributed by atoms with van der Waals surface area (Å²) in [7, 11) is 2.05. The van der Waals surface area contributed by atoms with Crippen LogP contribution in [0.25, 0.3) is 11.0 Å². The smallest absolute Gasteiger partial charge is 0.150 e. The van der Waals surface area contributed by atoms with Crippen LogP contribution in [0.2, 0.25) is 0 Å². The van der Waals surface area contributed by atoms with Crippen molar-refractivity contribution in [2.45, 2.75) is 27.2 Å². The standard InChI is InChI=1S/C19H19BrN2O/c1-11-5-6-14(10-23)13(3)16(11)9-18-21-19-12(2)7-15(20)8-17(19)22(18)4/h5-8,10H,9H2,1-4H3. The van der Waals surface area contributed by atoms with Crippen molar-refractivity contribution in [2.24, 2.45) is 7.05 Å². The zero-order valence-electron chi connectivity index (χ0n) is 13.8. The average molecular weight is 371 g/mol. The summed E-state index contributed by atoms with van der Waals surface area (Å²) in [5.74, 6) is 1.01. The van der Waals surface area contributed by atoms with Crippen molar-refractivity contribution in [3.63, 3.8) is 0 Å². The van der Waals surface area contributed by atoms with Gasteiger partial charge in [-0.3, -0.25) is 4.79 Å². The van der Waals surface area contributed by atoms with Gasteiger partial charge in [-0.2, -0.15) is 0 Å². The van der Waals surface area contributed by atoms with Crippen LogP contribution in [0, 0.1) is 20.8 Å². The molecule has 3 nitrogen and oxygen atoms in total. The minimum absolute atomic E-state index is 0.724. The first-order valence-electron chi connectivity index (χ1n) is 7.58. The lowest BCUT2D eigenvalue weighted by Crippen LogP contribution is -2.04. The van der Waals surface area contributed by atoms with E-state index in [1.54, 1.807) is 0 Å². The quantitative estimate of drug-likeness (QED) is 0.628. The van der Waals surface area contributed by atoms with E-state index in [1.807, 2.05) is 26.1 Å². The Balaban J connectivity index is 2.15. The summed E-state index contributed by atoms with van der Waals surface area (Å²) in [4.78, 5) is 16.0. The van der Waals surface area contributed by atoms with Crippen LogP contribution < -0.4 is 0 Å². The number of halogens is 1. The second-order valence-electron chi connectivity index (χ2n) is 6.05. The number of imidazole rings is 1. The maximum absolute atomic E-state index is 11.2. The summed E-state index contributed by atoms with van der Waals surface area (Å²) in [6.45, 7) is 6.17. The lowest BCUT2D eigenvalue weighted by Gasteiger charge is -2.11. The van der Waals surface area contributed by atoms with Gasteiger partial charge in [0, 0.05) is 23.5 Å². The number of hydrogen-bond acceptors (Lipinski definition) is 2. The molecule has 0 aliphatic rings. The summed E-state index contributed by atoms with van der Waals surface area (Å²) in [6.07, 6.45) is 1.65. The van der Waals surface area contributed by atoms with E-state index in [4.69, 9.17) is 4.98 Å². The van der Waals surface area contributed by atoms with Gasteiger partial charge >= 0.3 is 0 Å². The average Bonchev–Trinajstić information content (AvgIpc) is 2.81. The number of fused-ring (bicyclic) bond motifs is 1. The molecule has 0 saturated carbocycles. The highest BCUT2D eigenvalue weighted by Crippen LogP contribution is 2.26. The number of carbonyl (C=O) groups is 1. The molecule has 0 aliphatic carbocycles. The van der Waals surface area contributed by atoms with Crippen LogP contribution in [0.4, 0.5) is 0 Å². The Morgan fingerprint density at radius 2 is 1.91 bits per heavy atom. The fourth-order valence-corrected chi connectivity index (χ4v) is 3.65. The van der Waals surface area contributed by atoms with Crippen molar-refractivity contribution in [2.75, 3.05) is 0 Å². The molecule has 0 bridgehead atoms. The Bertz CT molecular complexity index is 925. The summed E-state index contributed by atoms with van der Waals surface area (Å²) >= 11 is 3.56. The van der Waals surface area contributed by atoms with Gasteiger partial charge < -0.3 is 4.57 Å². The molecule has 118 valence electrons. The van der Waals surface area contributed by atoms with Crippen LogP contribution in [-0.4, -0.2) is 15.8 Å². The van der Waals surface area contributed by atoms with Crippen molar-refractivity contribution in [3.05, 3.63) is 62.4 Å². The maximum atomic E-state index is 11.2. The Hall–Kier alpha value is -1.94. The Kier molecular flexibility index (Phi) is 4.11. The van der Waals surface area contributed by atoms with Crippen LogP contribution in [-0.2, 0) is 13.5 Å². The molecular weight excluding hydrogens is 352 g/mol. The Morgan fingerprint density at radius 1 is 1.17 bits per heavy atom. The van der Waals surface area contributed by atoms with E-state index in [9.17, 15) is 4.79 Å². The molecule has 0 aliphatic heterocycles. The van der Waals surface area contributed by atoms with Crippen molar-refractivity contribution in [1.82, 2.24) is 9.55 Å². The third-order valence-electron chi connectivity index (χ3n) is 4.57. The highest BCUT2D eigenvalue weighted by atomic mass is 79.9. The molecule has 0 atom stereocenters. The molecule has 4 heteroatoms. The largest absolute Gasteiger partial charge is 0.331 e. The third-order valence-corrected chi connectivity index (χ3v) is 5.03. The number of aromatic nitrogens is 2. The molecule has 1 aromatic heterocycles. The van der Waals surface area contributed by atoms with Gasteiger partial charge in [0.1, 0.15) is 12.1 Å². The summed E-state index contributed by atoms with van der Waals surface area (Å²) in [5.41, 5.74) is 7.49. The van der Waals surface area contributed by atoms with E-state index in [1.165, 1.54) is 11.1 Å². The molecule has 0 radical (unpaired) electrons. The second-order valence-corrected chi connectivity index (χ2v) is 6.96. The number of benzene rings is 2. The normalized spacial score (nSPS) is 11.2. The van der Waals surface area contributed by atoms with Crippen molar-refractivity contribution in [3.8, 4) is 0 Å². The van der Waals surface area contributed by atoms with E-state index in [2.05, 4.69) is 46.5 Å². The third kappa shape index (κ3) is 2.72. The molecule has 23 heavy (non-hydrogen) atoms. The number of aldehydes is 1. The fourth-order valence-electron chi connectivity index (χ4n) is 3.09. The molecule has 0 fully saturated rings. The van der Waals surface area contributed by atoms with Crippen molar-refractivity contribution < 1.29 is 4.79 Å². The minimum Gasteiger partial charge on any atom is -0.331 e. The summed E-state index contributed by atoms with van der Waals surface area (Å²) in [5, 5.41) is 0. The molecule has 0 spiro atoms. The van der Waals surface area contributed by atoms with E-state index < -0.39 is 0 Å². The fraction of sp³-hybridized carbons (Fsp3) is 0.263. The Labute approximate surface area is 144 Å². The molecule has 0 N–H and O–H groups in total. The summed E-state index contributed by atoms with van der Waals surface area (Å²) < 4.78 is 3.20. The lowest BCUT2D eigenvalue weighted by atomic mass is 9.95. The number of carbonyl (C=O) groups excluding carboxylic acids is 1. The van der Waals surface area contributed by atoms with Gasteiger partial charge in [-0.05, 0) is 55.2 Å². The topological polar surface area (TPSA) is 34.9 Å². The monoisotopic (exact) mass is 370 g/mol. The zero-order valence-corrected chi connectivity index (χ0v) is 15.4. The maximum Gasteiger partial charge on any atom is 0.150 e. The molecule has 3 aromatic rings. The second kappa shape index (κ2) is 5.93. The predicted molar refractivity (Wildman–Crippen MR) is 97.3 cm³/mol. The highest BCUT2D eigenvalue weighted by Gasteiger charge is 2.14. The first-order chi connectivity index (χ1) is 10.9. The van der Waals surface area contributed by atoms with Gasteiger partial charge in [-0.25, -0.2) is 4.98 Å².